The number of amides is 1. The lowest BCUT2D eigenvalue weighted by molar-refractivity contribution is 0.0690. The molecule has 0 saturated carbocycles. The van der Waals surface area contributed by atoms with Gasteiger partial charge in [0.05, 0.1) is 0 Å². The number of hydrogen-bond donors (Lipinski definition) is 1. The van der Waals surface area contributed by atoms with Crippen molar-refractivity contribution >= 4 is 11.9 Å². The smallest absolute Gasteiger partial charge is 0.354 e. The van der Waals surface area contributed by atoms with Crippen LogP contribution in [0.5, 0.6) is 0 Å². The Morgan fingerprint density at radius 2 is 2.21 bits per heavy atom. The Kier molecular flexibility index (Phi) is 3.83. The lowest BCUT2D eigenvalue weighted by Crippen LogP contribution is -2.29. The first-order valence-electron chi connectivity index (χ1n) is 6.47. The Morgan fingerprint density at radius 3 is 2.79 bits per heavy atom. The zero-order valence-electron chi connectivity index (χ0n) is 11.2. The van der Waals surface area contributed by atoms with Gasteiger partial charge in [-0.2, -0.15) is 0 Å². The van der Waals surface area contributed by atoms with E-state index in [4.69, 9.17) is 5.11 Å². The van der Waals surface area contributed by atoms with E-state index in [1.54, 1.807) is 11.0 Å². The van der Waals surface area contributed by atoms with Crippen LogP contribution in [-0.4, -0.2) is 40.0 Å². The van der Waals surface area contributed by atoms with Crippen molar-refractivity contribution in [3.63, 3.8) is 0 Å². The number of carboxylic acid groups (broad SMARTS) is 1. The summed E-state index contributed by atoms with van der Waals surface area (Å²) in [6.07, 6.45) is 2.38. The van der Waals surface area contributed by atoms with E-state index < -0.39 is 5.97 Å². The summed E-state index contributed by atoms with van der Waals surface area (Å²) in [5, 5.41) is 8.88. The zero-order chi connectivity index (χ0) is 14.0. The molecule has 1 aromatic rings. The van der Waals surface area contributed by atoms with Crippen molar-refractivity contribution in [1.82, 2.24) is 9.88 Å². The molecule has 1 fully saturated rings. The van der Waals surface area contributed by atoms with E-state index in [-0.39, 0.29) is 11.6 Å². The number of aromatic nitrogens is 1. The van der Waals surface area contributed by atoms with Gasteiger partial charge in [-0.3, -0.25) is 4.79 Å². The molecule has 1 amide bonds. The van der Waals surface area contributed by atoms with E-state index in [0.717, 1.165) is 19.5 Å². The minimum atomic E-state index is -1.11. The molecular weight excluding hydrogens is 244 g/mol. The van der Waals surface area contributed by atoms with Gasteiger partial charge in [-0.1, -0.05) is 13.8 Å². The molecule has 1 aliphatic heterocycles. The molecule has 0 aliphatic carbocycles. The van der Waals surface area contributed by atoms with Crippen LogP contribution in [0.2, 0.25) is 0 Å². The van der Waals surface area contributed by atoms with Crippen LogP contribution < -0.4 is 0 Å². The van der Waals surface area contributed by atoms with Gasteiger partial charge in [0.15, 0.2) is 0 Å². The fraction of sp³-hybridized carbons (Fsp3) is 0.500. The third kappa shape index (κ3) is 2.92. The fourth-order valence-electron chi connectivity index (χ4n) is 2.38. The maximum Gasteiger partial charge on any atom is 0.354 e. The quantitative estimate of drug-likeness (QED) is 0.903. The third-order valence-corrected chi connectivity index (χ3v) is 3.68. The van der Waals surface area contributed by atoms with Gasteiger partial charge in [0.1, 0.15) is 5.69 Å². The maximum atomic E-state index is 12.3. The molecule has 0 spiro atoms. The van der Waals surface area contributed by atoms with Crippen LogP contribution in [0.15, 0.2) is 18.3 Å². The summed E-state index contributed by atoms with van der Waals surface area (Å²) in [5.41, 5.74) is 0.308. The molecule has 1 N–H and O–H groups in total. The van der Waals surface area contributed by atoms with Gasteiger partial charge in [0, 0.05) is 24.8 Å². The number of likely N-dealkylation sites (tertiary alicyclic amines) is 1. The van der Waals surface area contributed by atoms with Gasteiger partial charge < -0.3 is 10.0 Å². The summed E-state index contributed by atoms with van der Waals surface area (Å²) in [4.78, 5) is 28.7. The topological polar surface area (TPSA) is 70.5 Å². The predicted molar refractivity (Wildman–Crippen MR) is 70.0 cm³/mol. The lowest BCUT2D eigenvalue weighted by atomic mass is 9.95. The second-order valence-corrected chi connectivity index (χ2v) is 5.28. The highest BCUT2D eigenvalue weighted by Gasteiger charge is 2.28. The Bertz CT molecular complexity index is 499. The number of carbonyl (C=O) groups excluding carboxylic acids is 1. The standard InChI is InChI=1S/C14H18N2O3/c1-9(2)11-4-6-16(8-11)13(17)10-3-5-15-12(7-10)14(18)19/h3,5,7,9,11H,4,6,8H2,1-2H3,(H,18,19). The average molecular weight is 262 g/mol. The van der Waals surface area contributed by atoms with E-state index >= 15 is 0 Å². The molecule has 0 aromatic carbocycles. The van der Waals surface area contributed by atoms with Crippen LogP contribution >= 0.6 is 0 Å². The molecule has 2 rings (SSSR count). The number of carbonyl (C=O) groups is 2. The zero-order valence-corrected chi connectivity index (χ0v) is 11.2. The van der Waals surface area contributed by atoms with E-state index in [1.165, 1.54) is 12.3 Å². The van der Waals surface area contributed by atoms with Gasteiger partial charge >= 0.3 is 5.97 Å². The Labute approximate surface area is 112 Å². The molecule has 0 bridgehead atoms. The van der Waals surface area contributed by atoms with Gasteiger partial charge in [-0.25, -0.2) is 9.78 Å². The third-order valence-electron chi connectivity index (χ3n) is 3.68. The first-order chi connectivity index (χ1) is 8.99. The van der Waals surface area contributed by atoms with Crippen molar-refractivity contribution in [3.8, 4) is 0 Å². The van der Waals surface area contributed by atoms with Crippen LogP contribution in [-0.2, 0) is 0 Å². The molecule has 1 atom stereocenters. The van der Waals surface area contributed by atoms with Crippen LogP contribution in [0.3, 0.4) is 0 Å². The number of aromatic carboxylic acids is 1. The van der Waals surface area contributed by atoms with Crippen molar-refractivity contribution in [2.75, 3.05) is 13.1 Å². The average Bonchev–Trinajstić information content (AvgIpc) is 2.87. The van der Waals surface area contributed by atoms with Crippen molar-refractivity contribution in [2.24, 2.45) is 11.8 Å². The van der Waals surface area contributed by atoms with Gasteiger partial charge in [0.25, 0.3) is 5.91 Å². The first kappa shape index (κ1) is 13.5. The summed E-state index contributed by atoms with van der Waals surface area (Å²) in [7, 11) is 0. The van der Waals surface area contributed by atoms with Gasteiger partial charge in [-0.15, -0.1) is 0 Å². The molecule has 1 aliphatic rings. The predicted octanol–water partition coefficient (Wildman–Crippen LogP) is 1.90. The number of pyridine rings is 1. The summed E-state index contributed by atoms with van der Waals surface area (Å²) >= 11 is 0. The normalized spacial score (nSPS) is 18.9. The summed E-state index contributed by atoms with van der Waals surface area (Å²) in [6, 6.07) is 2.91. The number of nitrogens with zero attached hydrogens (tertiary/aromatic N) is 2. The van der Waals surface area contributed by atoms with E-state index in [1.807, 2.05) is 0 Å². The van der Waals surface area contributed by atoms with Crippen LogP contribution in [0, 0.1) is 11.8 Å². The van der Waals surface area contributed by atoms with E-state index in [9.17, 15) is 9.59 Å². The molecular formula is C14H18N2O3. The van der Waals surface area contributed by atoms with Gasteiger partial charge in [0.2, 0.25) is 0 Å². The molecule has 5 nitrogen and oxygen atoms in total. The van der Waals surface area contributed by atoms with E-state index in [0.29, 0.717) is 17.4 Å². The van der Waals surface area contributed by atoms with Crippen molar-refractivity contribution in [2.45, 2.75) is 20.3 Å². The van der Waals surface area contributed by atoms with Crippen molar-refractivity contribution < 1.29 is 14.7 Å². The Morgan fingerprint density at radius 1 is 1.47 bits per heavy atom. The number of carboxylic acids is 1. The molecule has 102 valence electrons. The highest BCUT2D eigenvalue weighted by molar-refractivity contribution is 5.96. The largest absolute Gasteiger partial charge is 0.477 e. The fourth-order valence-corrected chi connectivity index (χ4v) is 2.38. The van der Waals surface area contributed by atoms with Crippen LogP contribution in [0.1, 0.15) is 41.1 Å². The van der Waals surface area contributed by atoms with Crippen molar-refractivity contribution in [1.29, 1.82) is 0 Å². The second-order valence-electron chi connectivity index (χ2n) is 5.28. The minimum absolute atomic E-state index is 0.0922. The molecule has 0 radical (unpaired) electrons. The summed E-state index contributed by atoms with van der Waals surface area (Å²) in [6.45, 7) is 5.81. The Hall–Kier alpha value is -1.91. The molecule has 1 unspecified atom stereocenters. The molecule has 2 heterocycles. The SMILES string of the molecule is CC(C)C1CCN(C(=O)c2ccnc(C(=O)O)c2)C1. The molecule has 19 heavy (non-hydrogen) atoms. The molecule has 1 aromatic heterocycles. The van der Waals surface area contributed by atoms with E-state index in [2.05, 4.69) is 18.8 Å². The number of rotatable bonds is 3. The summed E-state index contributed by atoms with van der Waals surface area (Å²) < 4.78 is 0. The highest BCUT2D eigenvalue weighted by atomic mass is 16.4. The highest BCUT2D eigenvalue weighted by Crippen LogP contribution is 2.24. The summed E-state index contributed by atoms with van der Waals surface area (Å²) in [5.74, 6) is -0.126. The first-order valence-corrected chi connectivity index (χ1v) is 6.47. The van der Waals surface area contributed by atoms with Crippen LogP contribution in [0.4, 0.5) is 0 Å². The minimum Gasteiger partial charge on any atom is -0.477 e. The monoisotopic (exact) mass is 262 g/mol. The molecule has 1 saturated heterocycles. The van der Waals surface area contributed by atoms with Crippen LogP contribution in [0.25, 0.3) is 0 Å². The van der Waals surface area contributed by atoms with Gasteiger partial charge in [-0.05, 0) is 30.4 Å². The molecule has 5 heteroatoms. The lowest BCUT2D eigenvalue weighted by Gasteiger charge is -2.18. The maximum absolute atomic E-state index is 12.3. The van der Waals surface area contributed by atoms with Crippen molar-refractivity contribution in [3.05, 3.63) is 29.6 Å². The Balaban J connectivity index is 2.12. The second kappa shape index (κ2) is 5.38. The number of hydrogen-bond acceptors (Lipinski definition) is 3.